The van der Waals surface area contributed by atoms with Crippen LogP contribution in [0.5, 0.6) is 0 Å². The fraction of sp³-hybridized carbons (Fsp3) is 0.632. The molecule has 1 heterocycles. The Bertz CT molecular complexity index is 535. The van der Waals surface area contributed by atoms with Crippen molar-refractivity contribution < 1.29 is 9.59 Å². The van der Waals surface area contributed by atoms with E-state index in [9.17, 15) is 9.59 Å². The number of hydrogen-bond acceptors (Lipinski definition) is 3. The van der Waals surface area contributed by atoms with Crippen LogP contribution in [0.2, 0.25) is 0 Å². The molecule has 0 unspecified atom stereocenters. The minimum atomic E-state index is -0.698. The molecular formula is C19H29N3O2. The third-order valence-electron chi connectivity index (χ3n) is 4.91. The van der Waals surface area contributed by atoms with Crippen molar-refractivity contribution in [3.63, 3.8) is 0 Å². The van der Waals surface area contributed by atoms with Crippen LogP contribution in [0.25, 0.3) is 0 Å². The van der Waals surface area contributed by atoms with Gasteiger partial charge in [0.25, 0.3) is 0 Å². The number of carbonyl (C=O) groups excluding carboxylic acids is 2. The molecule has 1 aliphatic rings. The van der Waals surface area contributed by atoms with E-state index in [2.05, 4.69) is 10.3 Å². The molecule has 5 heteroatoms. The maximum absolute atomic E-state index is 13.0. The maximum atomic E-state index is 13.0. The lowest BCUT2D eigenvalue weighted by atomic mass is 9.80. The van der Waals surface area contributed by atoms with Crippen molar-refractivity contribution in [2.75, 3.05) is 13.1 Å². The molecule has 2 amide bonds. The summed E-state index contributed by atoms with van der Waals surface area (Å²) in [4.78, 5) is 31.4. The topological polar surface area (TPSA) is 62.3 Å². The fourth-order valence-corrected chi connectivity index (χ4v) is 3.49. The minimum absolute atomic E-state index is 0.0405. The van der Waals surface area contributed by atoms with Crippen LogP contribution < -0.4 is 5.32 Å². The molecule has 1 N–H and O–H groups in total. The summed E-state index contributed by atoms with van der Waals surface area (Å²) in [6.45, 7) is 5.34. The van der Waals surface area contributed by atoms with Crippen molar-refractivity contribution >= 4 is 11.8 Å². The lowest BCUT2D eigenvalue weighted by Gasteiger charge is -2.40. The summed E-state index contributed by atoms with van der Waals surface area (Å²) in [6, 6.07) is 3.84. The molecule has 0 aromatic carbocycles. The van der Waals surface area contributed by atoms with Gasteiger partial charge >= 0.3 is 0 Å². The van der Waals surface area contributed by atoms with Crippen LogP contribution in [-0.2, 0) is 16.0 Å². The number of carbonyl (C=O) groups is 2. The van der Waals surface area contributed by atoms with Gasteiger partial charge < -0.3 is 10.2 Å². The molecule has 2 rings (SSSR count). The first-order chi connectivity index (χ1) is 11.6. The van der Waals surface area contributed by atoms with Crippen molar-refractivity contribution in [2.24, 2.45) is 0 Å². The number of rotatable bonds is 7. The van der Waals surface area contributed by atoms with E-state index in [0.29, 0.717) is 25.9 Å². The Balaban J connectivity index is 2.02. The molecule has 1 saturated carbocycles. The predicted molar refractivity (Wildman–Crippen MR) is 94.4 cm³/mol. The van der Waals surface area contributed by atoms with Gasteiger partial charge in [-0.1, -0.05) is 25.3 Å². The predicted octanol–water partition coefficient (Wildman–Crippen LogP) is 2.70. The van der Waals surface area contributed by atoms with Crippen LogP contribution in [-0.4, -0.2) is 40.3 Å². The Morgan fingerprint density at radius 3 is 2.50 bits per heavy atom. The summed E-state index contributed by atoms with van der Waals surface area (Å²) in [5.41, 5.74) is 0.344. The summed E-state index contributed by atoms with van der Waals surface area (Å²) >= 11 is 0. The monoisotopic (exact) mass is 331 g/mol. The Morgan fingerprint density at radius 2 is 1.92 bits per heavy atom. The van der Waals surface area contributed by atoms with Crippen LogP contribution >= 0.6 is 0 Å². The normalized spacial score (nSPS) is 16.4. The molecule has 1 aliphatic carbocycles. The summed E-state index contributed by atoms with van der Waals surface area (Å²) < 4.78 is 0. The Morgan fingerprint density at radius 1 is 1.21 bits per heavy atom. The second-order valence-corrected chi connectivity index (χ2v) is 6.53. The summed E-state index contributed by atoms with van der Waals surface area (Å²) in [5.74, 6) is 0.0446. The van der Waals surface area contributed by atoms with E-state index in [1.54, 1.807) is 12.4 Å². The number of likely N-dealkylation sites (N-methyl/N-ethyl adjacent to an activating group) is 1. The van der Waals surface area contributed by atoms with Gasteiger partial charge in [-0.25, -0.2) is 0 Å². The zero-order chi connectivity index (χ0) is 17.4. The molecular weight excluding hydrogens is 302 g/mol. The van der Waals surface area contributed by atoms with E-state index in [-0.39, 0.29) is 11.8 Å². The second-order valence-electron chi connectivity index (χ2n) is 6.53. The van der Waals surface area contributed by atoms with Crippen molar-refractivity contribution in [2.45, 2.75) is 64.3 Å². The van der Waals surface area contributed by atoms with E-state index in [1.165, 1.54) is 0 Å². The van der Waals surface area contributed by atoms with Gasteiger partial charge in [-0.2, -0.15) is 0 Å². The van der Waals surface area contributed by atoms with Gasteiger partial charge in [0.15, 0.2) is 0 Å². The molecule has 0 atom stereocenters. The summed E-state index contributed by atoms with van der Waals surface area (Å²) in [6.07, 6.45) is 9.18. The average Bonchev–Trinajstić information content (AvgIpc) is 2.62. The van der Waals surface area contributed by atoms with Crippen LogP contribution in [0.4, 0.5) is 0 Å². The van der Waals surface area contributed by atoms with Gasteiger partial charge in [0.1, 0.15) is 5.54 Å². The Hall–Kier alpha value is -1.91. The highest BCUT2D eigenvalue weighted by Crippen LogP contribution is 2.30. The molecule has 0 aliphatic heterocycles. The van der Waals surface area contributed by atoms with Crippen LogP contribution in [0.15, 0.2) is 24.5 Å². The molecule has 5 nitrogen and oxygen atoms in total. The zero-order valence-corrected chi connectivity index (χ0v) is 14.9. The molecule has 0 bridgehead atoms. The first-order valence-corrected chi connectivity index (χ1v) is 9.10. The molecule has 24 heavy (non-hydrogen) atoms. The van der Waals surface area contributed by atoms with E-state index in [1.807, 2.05) is 30.9 Å². The number of nitrogens with one attached hydrogen (secondary N) is 1. The molecule has 1 aromatic rings. The van der Waals surface area contributed by atoms with E-state index in [4.69, 9.17) is 0 Å². The van der Waals surface area contributed by atoms with Crippen LogP contribution in [0.3, 0.4) is 0 Å². The highest BCUT2D eigenvalue weighted by Gasteiger charge is 2.42. The Labute approximate surface area is 144 Å². The summed E-state index contributed by atoms with van der Waals surface area (Å²) in [5, 5.41) is 3.10. The highest BCUT2D eigenvalue weighted by atomic mass is 16.2. The lowest BCUT2D eigenvalue weighted by Crippen LogP contribution is -2.60. The van der Waals surface area contributed by atoms with Crippen molar-refractivity contribution in [1.29, 1.82) is 0 Å². The van der Waals surface area contributed by atoms with Crippen molar-refractivity contribution in [3.05, 3.63) is 30.1 Å². The highest BCUT2D eigenvalue weighted by molar-refractivity contribution is 5.91. The molecule has 0 saturated heterocycles. The number of amides is 2. The quantitative estimate of drug-likeness (QED) is 0.835. The molecule has 1 fully saturated rings. The number of hydrogen-bond donors (Lipinski definition) is 1. The van der Waals surface area contributed by atoms with Gasteiger partial charge in [-0.05, 0) is 44.7 Å². The van der Waals surface area contributed by atoms with Crippen LogP contribution in [0.1, 0.15) is 57.9 Å². The second kappa shape index (κ2) is 8.81. The first-order valence-electron chi connectivity index (χ1n) is 9.10. The molecule has 1 aromatic heterocycles. The number of nitrogens with zero attached hydrogens (tertiary/aromatic N) is 2. The van der Waals surface area contributed by atoms with Gasteiger partial charge in [0.2, 0.25) is 11.8 Å². The molecule has 0 spiro atoms. The third kappa shape index (κ3) is 4.56. The fourth-order valence-electron chi connectivity index (χ4n) is 3.49. The number of pyridine rings is 1. The van der Waals surface area contributed by atoms with E-state index >= 15 is 0 Å². The summed E-state index contributed by atoms with van der Waals surface area (Å²) in [7, 11) is 0. The van der Waals surface area contributed by atoms with Crippen molar-refractivity contribution in [1.82, 2.24) is 15.2 Å². The zero-order valence-electron chi connectivity index (χ0n) is 14.9. The third-order valence-corrected chi connectivity index (χ3v) is 4.91. The van der Waals surface area contributed by atoms with Crippen molar-refractivity contribution in [3.8, 4) is 0 Å². The number of aryl methyl sites for hydroxylation is 1. The Kier molecular flexibility index (Phi) is 6.76. The molecule has 132 valence electrons. The van der Waals surface area contributed by atoms with Gasteiger partial charge in [-0.15, -0.1) is 0 Å². The maximum Gasteiger partial charge on any atom is 0.248 e. The lowest BCUT2D eigenvalue weighted by molar-refractivity contribution is -0.143. The van der Waals surface area contributed by atoms with Crippen LogP contribution in [0, 0.1) is 0 Å². The smallest absolute Gasteiger partial charge is 0.248 e. The van der Waals surface area contributed by atoms with E-state index in [0.717, 1.165) is 37.7 Å². The molecule has 0 radical (unpaired) electrons. The SMILES string of the molecule is CCN(CC)C(=O)C1(NC(=O)CCc2cccnc2)CCCCC1. The van der Waals surface area contributed by atoms with Gasteiger partial charge in [-0.3, -0.25) is 14.6 Å². The largest absolute Gasteiger partial charge is 0.342 e. The number of aromatic nitrogens is 1. The van der Waals surface area contributed by atoms with E-state index < -0.39 is 5.54 Å². The minimum Gasteiger partial charge on any atom is -0.342 e. The van der Waals surface area contributed by atoms with Gasteiger partial charge in [0, 0.05) is 31.9 Å². The average molecular weight is 331 g/mol. The van der Waals surface area contributed by atoms with Gasteiger partial charge in [0.05, 0.1) is 0 Å². The standard InChI is InChI=1S/C19H29N3O2/c1-3-22(4-2)18(24)19(12-6-5-7-13-19)21-17(23)11-10-16-9-8-14-20-15-16/h8-9,14-15H,3-7,10-13H2,1-2H3,(H,21,23). The first kappa shape index (κ1) is 18.4.